The molecule has 0 spiro atoms. The summed E-state index contributed by atoms with van der Waals surface area (Å²) in [4.78, 5) is 11.6. The molecule has 0 amide bonds. The summed E-state index contributed by atoms with van der Waals surface area (Å²) in [5, 5.41) is 9.54. The molecule has 0 radical (unpaired) electrons. The molecule has 0 unspecified atom stereocenters. The standard InChI is InChI=1S/C38H74O2/c1-4-6-8-10-12-14-16-18-20-21-23-25-27-29-31-33-35-37(36(3)38(39)40)34-32-30-28-26-24-22-19-17-15-13-11-9-7-5-2/h4-35H2,1-3H3,(H,39,40). The maximum Gasteiger partial charge on any atom is 0.331 e. The Bertz CT molecular complexity index is 550. The fourth-order valence-electron chi connectivity index (χ4n) is 6.07. The normalized spacial score (nSPS) is 12.2. The molecule has 0 bridgehead atoms. The molecule has 0 aromatic carbocycles. The van der Waals surface area contributed by atoms with Gasteiger partial charge in [-0.2, -0.15) is 0 Å². The summed E-state index contributed by atoms with van der Waals surface area (Å²) in [5.74, 6) is -0.711. The average Bonchev–Trinajstić information content (AvgIpc) is 2.95. The fourth-order valence-corrected chi connectivity index (χ4v) is 6.07. The molecular weight excluding hydrogens is 488 g/mol. The monoisotopic (exact) mass is 563 g/mol. The van der Waals surface area contributed by atoms with E-state index in [1.807, 2.05) is 6.92 Å². The molecule has 0 aliphatic heterocycles. The summed E-state index contributed by atoms with van der Waals surface area (Å²) in [6, 6.07) is 0. The van der Waals surface area contributed by atoms with Crippen molar-refractivity contribution in [2.24, 2.45) is 0 Å². The number of carboxylic acids is 1. The highest BCUT2D eigenvalue weighted by atomic mass is 16.4. The first-order chi connectivity index (χ1) is 19.6. The molecule has 0 saturated carbocycles. The third-order valence-corrected chi connectivity index (χ3v) is 9.02. The second kappa shape index (κ2) is 32.7. The summed E-state index contributed by atoms with van der Waals surface area (Å²) < 4.78 is 0. The minimum atomic E-state index is -0.711. The molecule has 0 aromatic rings. The molecule has 0 aliphatic carbocycles. The smallest absolute Gasteiger partial charge is 0.331 e. The Morgan fingerprint density at radius 2 is 0.575 bits per heavy atom. The zero-order valence-electron chi connectivity index (χ0n) is 28.0. The van der Waals surface area contributed by atoms with Crippen LogP contribution in [-0.2, 0) is 4.79 Å². The van der Waals surface area contributed by atoms with Gasteiger partial charge in [0.15, 0.2) is 0 Å². The lowest BCUT2D eigenvalue weighted by atomic mass is 9.95. The average molecular weight is 563 g/mol. The first-order valence-electron chi connectivity index (χ1n) is 18.5. The van der Waals surface area contributed by atoms with Crippen molar-refractivity contribution in [2.75, 3.05) is 0 Å². The van der Waals surface area contributed by atoms with Gasteiger partial charge < -0.3 is 5.11 Å². The molecular formula is C38H74O2. The SMILES string of the molecule is CCCCCCCCCCCCCCCCCCC(CCCCCCCCCCCCCCCC)=C(C)C(=O)O. The van der Waals surface area contributed by atoms with Gasteiger partial charge in [0.2, 0.25) is 0 Å². The van der Waals surface area contributed by atoms with Gasteiger partial charge in [-0.25, -0.2) is 4.79 Å². The minimum absolute atomic E-state index is 0.621. The predicted molar refractivity (Wildman–Crippen MR) is 179 cm³/mol. The van der Waals surface area contributed by atoms with Crippen molar-refractivity contribution in [2.45, 2.75) is 226 Å². The van der Waals surface area contributed by atoms with Gasteiger partial charge in [0.25, 0.3) is 0 Å². The van der Waals surface area contributed by atoms with E-state index in [2.05, 4.69) is 13.8 Å². The Kier molecular flexibility index (Phi) is 32.1. The van der Waals surface area contributed by atoms with Crippen LogP contribution in [0.3, 0.4) is 0 Å². The van der Waals surface area contributed by atoms with Crippen molar-refractivity contribution in [1.82, 2.24) is 0 Å². The Morgan fingerprint density at radius 1 is 0.375 bits per heavy atom. The van der Waals surface area contributed by atoms with E-state index in [9.17, 15) is 9.90 Å². The quantitative estimate of drug-likeness (QED) is 0.0638. The summed E-state index contributed by atoms with van der Waals surface area (Å²) >= 11 is 0. The lowest BCUT2D eigenvalue weighted by molar-refractivity contribution is -0.132. The van der Waals surface area contributed by atoms with Gasteiger partial charge in [0.1, 0.15) is 0 Å². The van der Waals surface area contributed by atoms with E-state index in [1.54, 1.807) is 0 Å². The summed E-state index contributed by atoms with van der Waals surface area (Å²) in [6.45, 7) is 6.40. The maximum absolute atomic E-state index is 11.6. The molecule has 0 atom stereocenters. The van der Waals surface area contributed by atoms with Crippen molar-refractivity contribution in [3.63, 3.8) is 0 Å². The third-order valence-electron chi connectivity index (χ3n) is 9.02. The maximum atomic E-state index is 11.6. The number of hydrogen-bond donors (Lipinski definition) is 1. The van der Waals surface area contributed by atoms with Crippen LogP contribution in [0.2, 0.25) is 0 Å². The zero-order chi connectivity index (χ0) is 29.4. The second-order valence-corrected chi connectivity index (χ2v) is 12.9. The van der Waals surface area contributed by atoms with Crippen molar-refractivity contribution >= 4 is 5.97 Å². The van der Waals surface area contributed by atoms with Crippen LogP contribution in [0.1, 0.15) is 226 Å². The highest BCUT2D eigenvalue weighted by Gasteiger charge is 2.09. The topological polar surface area (TPSA) is 37.3 Å². The molecule has 0 aromatic heterocycles. The van der Waals surface area contributed by atoms with Gasteiger partial charge in [-0.15, -0.1) is 0 Å². The molecule has 238 valence electrons. The number of carboxylic acid groups (broad SMARTS) is 1. The number of allylic oxidation sites excluding steroid dienone is 1. The summed E-state index contributed by atoms with van der Waals surface area (Å²) in [7, 11) is 0. The van der Waals surface area contributed by atoms with Gasteiger partial charge in [-0.3, -0.25) is 0 Å². The third kappa shape index (κ3) is 28.7. The number of hydrogen-bond acceptors (Lipinski definition) is 1. The molecule has 40 heavy (non-hydrogen) atoms. The zero-order valence-corrected chi connectivity index (χ0v) is 28.0. The molecule has 0 saturated heterocycles. The second-order valence-electron chi connectivity index (χ2n) is 12.9. The van der Waals surface area contributed by atoms with Crippen LogP contribution >= 0.6 is 0 Å². The summed E-state index contributed by atoms with van der Waals surface area (Å²) in [5.41, 5.74) is 1.84. The molecule has 0 fully saturated rings. The van der Waals surface area contributed by atoms with E-state index < -0.39 is 5.97 Å². The van der Waals surface area contributed by atoms with Crippen molar-refractivity contribution in [1.29, 1.82) is 0 Å². The van der Waals surface area contributed by atoms with E-state index in [0.717, 1.165) is 25.7 Å². The minimum Gasteiger partial charge on any atom is -0.478 e. The van der Waals surface area contributed by atoms with Crippen LogP contribution in [0, 0.1) is 0 Å². The Morgan fingerprint density at radius 3 is 0.775 bits per heavy atom. The van der Waals surface area contributed by atoms with E-state index >= 15 is 0 Å². The van der Waals surface area contributed by atoms with Gasteiger partial charge in [-0.1, -0.05) is 199 Å². The number of rotatable bonds is 33. The molecule has 2 nitrogen and oxygen atoms in total. The fraction of sp³-hybridized carbons (Fsp3) is 0.921. The Labute approximate surface area is 253 Å². The predicted octanol–water partition coefficient (Wildman–Crippen LogP) is 13.9. The number of carbonyl (C=O) groups is 1. The molecule has 0 aliphatic rings. The van der Waals surface area contributed by atoms with Crippen LogP contribution in [0.5, 0.6) is 0 Å². The van der Waals surface area contributed by atoms with E-state index in [4.69, 9.17) is 0 Å². The first-order valence-corrected chi connectivity index (χ1v) is 18.5. The molecule has 0 heterocycles. The molecule has 1 N–H and O–H groups in total. The highest BCUT2D eigenvalue weighted by Crippen LogP contribution is 2.22. The van der Waals surface area contributed by atoms with Crippen LogP contribution in [0.4, 0.5) is 0 Å². The van der Waals surface area contributed by atoms with Crippen LogP contribution < -0.4 is 0 Å². The lowest BCUT2D eigenvalue weighted by Crippen LogP contribution is -2.02. The van der Waals surface area contributed by atoms with Crippen LogP contribution in [-0.4, -0.2) is 11.1 Å². The highest BCUT2D eigenvalue weighted by molar-refractivity contribution is 5.86. The van der Waals surface area contributed by atoms with Crippen molar-refractivity contribution in [3.05, 3.63) is 11.1 Å². The van der Waals surface area contributed by atoms with Gasteiger partial charge in [0.05, 0.1) is 0 Å². The largest absolute Gasteiger partial charge is 0.478 e. The van der Waals surface area contributed by atoms with Gasteiger partial charge >= 0.3 is 5.97 Å². The number of unbranched alkanes of at least 4 members (excludes halogenated alkanes) is 28. The number of aliphatic carboxylic acids is 1. The van der Waals surface area contributed by atoms with Crippen molar-refractivity contribution in [3.8, 4) is 0 Å². The van der Waals surface area contributed by atoms with E-state index in [1.165, 1.54) is 185 Å². The Balaban J connectivity index is 3.65. The van der Waals surface area contributed by atoms with E-state index in [-0.39, 0.29) is 0 Å². The van der Waals surface area contributed by atoms with Gasteiger partial charge in [-0.05, 0) is 32.6 Å². The Hall–Kier alpha value is -0.790. The molecule has 2 heteroatoms. The first kappa shape index (κ1) is 39.2. The molecule has 0 rings (SSSR count). The lowest BCUT2D eigenvalue weighted by Gasteiger charge is -2.11. The van der Waals surface area contributed by atoms with Crippen molar-refractivity contribution < 1.29 is 9.90 Å². The van der Waals surface area contributed by atoms with Gasteiger partial charge in [0, 0.05) is 5.57 Å². The van der Waals surface area contributed by atoms with E-state index in [0.29, 0.717) is 5.57 Å². The van der Waals surface area contributed by atoms with Crippen LogP contribution in [0.15, 0.2) is 11.1 Å². The summed E-state index contributed by atoms with van der Waals surface area (Å²) in [6.07, 6.45) is 43.3. The van der Waals surface area contributed by atoms with Crippen LogP contribution in [0.25, 0.3) is 0 Å².